The fourth-order valence-electron chi connectivity index (χ4n) is 3.88. The van der Waals surface area contributed by atoms with Crippen LogP contribution in [0.1, 0.15) is 11.1 Å². The van der Waals surface area contributed by atoms with Crippen LogP contribution in [-0.4, -0.2) is 45.8 Å². The van der Waals surface area contributed by atoms with Gasteiger partial charge in [0.1, 0.15) is 11.6 Å². The van der Waals surface area contributed by atoms with Crippen molar-refractivity contribution >= 4 is 23.0 Å². The maximum atomic E-state index is 4.93. The summed E-state index contributed by atoms with van der Waals surface area (Å²) in [7, 11) is 0. The Morgan fingerprint density at radius 2 is 1.73 bits per heavy atom. The molecule has 0 unspecified atom stereocenters. The van der Waals surface area contributed by atoms with Gasteiger partial charge in [-0.2, -0.15) is 9.61 Å². The van der Waals surface area contributed by atoms with E-state index >= 15 is 0 Å². The molecule has 4 aromatic rings. The molecule has 7 nitrogen and oxygen atoms in total. The summed E-state index contributed by atoms with van der Waals surface area (Å²) in [6.07, 6.45) is 5.54. The summed E-state index contributed by atoms with van der Waals surface area (Å²) in [5.74, 6) is 1.94. The molecule has 0 saturated carbocycles. The van der Waals surface area contributed by atoms with Crippen LogP contribution in [0, 0.1) is 6.92 Å². The standard InChI is InChI=1S/C23H25N7/c1-18-15-26-30-21(25-17-19-6-5-9-24-16-19)14-22(27-23(18)30)29-12-10-28(11-13-29)20-7-3-2-4-8-20/h2-9,14-16,25H,10-13,17H2,1H3. The molecule has 4 heterocycles. The van der Waals surface area contributed by atoms with Gasteiger partial charge in [-0.1, -0.05) is 24.3 Å². The molecule has 5 rings (SSSR count). The van der Waals surface area contributed by atoms with Crippen LogP contribution in [0.15, 0.2) is 67.1 Å². The molecule has 0 bridgehead atoms. The molecule has 0 amide bonds. The van der Waals surface area contributed by atoms with Crippen LogP contribution in [0.25, 0.3) is 5.65 Å². The third-order valence-electron chi connectivity index (χ3n) is 5.56. The third-order valence-corrected chi connectivity index (χ3v) is 5.56. The number of rotatable bonds is 5. The highest BCUT2D eigenvalue weighted by molar-refractivity contribution is 5.61. The Balaban J connectivity index is 1.37. The van der Waals surface area contributed by atoms with Gasteiger partial charge in [0.25, 0.3) is 0 Å². The number of fused-ring (bicyclic) bond motifs is 1. The lowest BCUT2D eigenvalue weighted by atomic mass is 10.2. The first-order valence-electron chi connectivity index (χ1n) is 10.3. The number of hydrogen-bond donors (Lipinski definition) is 1. The lowest BCUT2D eigenvalue weighted by Gasteiger charge is -2.36. The normalized spacial score (nSPS) is 14.3. The van der Waals surface area contributed by atoms with Gasteiger partial charge in [-0.15, -0.1) is 0 Å². The maximum absolute atomic E-state index is 4.93. The van der Waals surface area contributed by atoms with E-state index in [2.05, 4.69) is 74.6 Å². The fraction of sp³-hybridized carbons (Fsp3) is 0.261. The molecular weight excluding hydrogens is 374 g/mol. The number of pyridine rings is 1. The van der Waals surface area contributed by atoms with Gasteiger partial charge in [0, 0.05) is 62.4 Å². The molecule has 1 N–H and O–H groups in total. The first-order chi connectivity index (χ1) is 14.8. The summed E-state index contributed by atoms with van der Waals surface area (Å²) in [4.78, 5) is 13.9. The summed E-state index contributed by atoms with van der Waals surface area (Å²) in [5, 5.41) is 8.03. The first-order valence-corrected chi connectivity index (χ1v) is 10.3. The van der Waals surface area contributed by atoms with E-state index in [0.717, 1.165) is 54.6 Å². The molecule has 1 aromatic carbocycles. The Kier molecular flexibility index (Phi) is 4.93. The van der Waals surface area contributed by atoms with Crippen molar-refractivity contribution in [2.45, 2.75) is 13.5 Å². The summed E-state index contributed by atoms with van der Waals surface area (Å²) < 4.78 is 1.88. The minimum atomic E-state index is 0.688. The van der Waals surface area contributed by atoms with Gasteiger partial charge in [-0.25, -0.2) is 4.98 Å². The number of nitrogens with one attached hydrogen (secondary N) is 1. The number of aromatic nitrogens is 4. The zero-order valence-electron chi connectivity index (χ0n) is 17.1. The average Bonchev–Trinajstić information content (AvgIpc) is 3.20. The van der Waals surface area contributed by atoms with Gasteiger partial charge in [-0.05, 0) is 30.7 Å². The zero-order chi connectivity index (χ0) is 20.3. The van der Waals surface area contributed by atoms with Gasteiger partial charge >= 0.3 is 0 Å². The second-order valence-corrected chi connectivity index (χ2v) is 7.59. The number of anilines is 3. The molecule has 1 aliphatic heterocycles. The SMILES string of the molecule is Cc1cnn2c(NCc3cccnc3)cc(N3CCN(c4ccccc4)CC3)nc12. The Hall–Kier alpha value is -3.61. The van der Waals surface area contributed by atoms with Crippen molar-refractivity contribution in [2.24, 2.45) is 0 Å². The number of piperazine rings is 1. The van der Waals surface area contributed by atoms with Gasteiger partial charge in [0.2, 0.25) is 0 Å². The van der Waals surface area contributed by atoms with E-state index in [0.29, 0.717) is 6.54 Å². The highest BCUT2D eigenvalue weighted by atomic mass is 15.3. The van der Waals surface area contributed by atoms with Crippen LogP contribution in [-0.2, 0) is 6.54 Å². The molecule has 1 fully saturated rings. The van der Waals surface area contributed by atoms with E-state index in [-0.39, 0.29) is 0 Å². The van der Waals surface area contributed by atoms with Crippen LogP contribution in [0.2, 0.25) is 0 Å². The van der Waals surface area contributed by atoms with E-state index in [1.54, 1.807) is 6.20 Å². The van der Waals surface area contributed by atoms with E-state index in [1.165, 1.54) is 5.69 Å². The van der Waals surface area contributed by atoms with Crippen molar-refractivity contribution in [1.82, 2.24) is 19.6 Å². The molecule has 1 saturated heterocycles. The zero-order valence-corrected chi connectivity index (χ0v) is 17.1. The second-order valence-electron chi connectivity index (χ2n) is 7.59. The first kappa shape index (κ1) is 18.4. The predicted octanol–water partition coefficient (Wildman–Crippen LogP) is 3.37. The van der Waals surface area contributed by atoms with E-state index in [9.17, 15) is 0 Å². The van der Waals surface area contributed by atoms with E-state index in [1.807, 2.05) is 23.0 Å². The third kappa shape index (κ3) is 3.66. The molecule has 0 aliphatic carbocycles. The number of benzene rings is 1. The monoisotopic (exact) mass is 399 g/mol. The lowest BCUT2D eigenvalue weighted by molar-refractivity contribution is 0.647. The highest BCUT2D eigenvalue weighted by Crippen LogP contribution is 2.24. The molecule has 152 valence electrons. The van der Waals surface area contributed by atoms with Gasteiger partial charge in [0.05, 0.1) is 6.20 Å². The molecule has 7 heteroatoms. The van der Waals surface area contributed by atoms with Gasteiger partial charge in [0.15, 0.2) is 5.65 Å². The van der Waals surface area contributed by atoms with Crippen LogP contribution in [0.4, 0.5) is 17.3 Å². The van der Waals surface area contributed by atoms with Gasteiger partial charge < -0.3 is 15.1 Å². The summed E-state index contributed by atoms with van der Waals surface area (Å²) in [6.45, 7) is 6.58. The quantitative estimate of drug-likeness (QED) is 0.555. The largest absolute Gasteiger partial charge is 0.368 e. The van der Waals surface area contributed by atoms with Gasteiger partial charge in [-0.3, -0.25) is 4.98 Å². The summed E-state index contributed by atoms with van der Waals surface area (Å²) in [5.41, 5.74) is 4.38. The molecule has 0 radical (unpaired) electrons. The number of hydrogen-bond acceptors (Lipinski definition) is 6. The molecule has 30 heavy (non-hydrogen) atoms. The van der Waals surface area contributed by atoms with Crippen molar-refractivity contribution in [2.75, 3.05) is 41.3 Å². The summed E-state index contributed by atoms with van der Waals surface area (Å²) >= 11 is 0. The Morgan fingerprint density at radius 1 is 0.933 bits per heavy atom. The molecule has 1 aliphatic rings. The highest BCUT2D eigenvalue weighted by Gasteiger charge is 2.20. The van der Waals surface area contributed by atoms with E-state index < -0.39 is 0 Å². The number of para-hydroxylation sites is 1. The second kappa shape index (κ2) is 8.02. The minimum Gasteiger partial charge on any atom is -0.368 e. The Labute approximate surface area is 176 Å². The molecular formula is C23H25N7. The lowest BCUT2D eigenvalue weighted by Crippen LogP contribution is -2.46. The maximum Gasteiger partial charge on any atom is 0.162 e. The minimum absolute atomic E-state index is 0.688. The number of aryl methyl sites for hydroxylation is 1. The number of nitrogens with zero attached hydrogens (tertiary/aromatic N) is 6. The molecule has 3 aromatic heterocycles. The summed E-state index contributed by atoms with van der Waals surface area (Å²) in [6, 6.07) is 16.7. The smallest absolute Gasteiger partial charge is 0.162 e. The fourth-order valence-corrected chi connectivity index (χ4v) is 3.88. The van der Waals surface area contributed by atoms with Crippen LogP contribution >= 0.6 is 0 Å². The molecule has 0 atom stereocenters. The topological polar surface area (TPSA) is 61.6 Å². The Morgan fingerprint density at radius 3 is 2.50 bits per heavy atom. The van der Waals surface area contributed by atoms with Crippen molar-refractivity contribution < 1.29 is 0 Å². The van der Waals surface area contributed by atoms with Crippen molar-refractivity contribution in [3.63, 3.8) is 0 Å². The van der Waals surface area contributed by atoms with Crippen LogP contribution < -0.4 is 15.1 Å². The predicted molar refractivity (Wildman–Crippen MR) is 120 cm³/mol. The van der Waals surface area contributed by atoms with Crippen molar-refractivity contribution in [1.29, 1.82) is 0 Å². The average molecular weight is 400 g/mol. The van der Waals surface area contributed by atoms with Crippen molar-refractivity contribution in [3.05, 3.63) is 78.2 Å². The molecule has 0 spiro atoms. The van der Waals surface area contributed by atoms with Crippen LogP contribution in [0.5, 0.6) is 0 Å². The van der Waals surface area contributed by atoms with E-state index in [4.69, 9.17) is 4.98 Å². The van der Waals surface area contributed by atoms with Crippen molar-refractivity contribution in [3.8, 4) is 0 Å². The van der Waals surface area contributed by atoms with Crippen LogP contribution in [0.3, 0.4) is 0 Å². The Bertz CT molecular complexity index is 1120.